The maximum absolute atomic E-state index is 11.8. The van der Waals surface area contributed by atoms with Crippen LogP contribution in [0.3, 0.4) is 0 Å². The van der Waals surface area contributed by atoms with E-state index in [4.69, 9.17) is 11.6 Å². The largest absolute Gasteiger partial charge is 0.387 e. The highest BCUT2D eigenvalue weighted by atomic mass is 35.5. The van der Waals surface area contributed by atoms with Gasteiger partial charge in [-0.3, -0.25) is 9.20 Å². The molecule has 0 spiro atoms. The Balaban J connectivity index is 1.99. The number of carbonyl (C=O) groups is 1. The van der Waals surface area contributed by atoms with Gasteiger partial charge in [0.15, 0.2) is 10.1 Å². The molecule has 2 aromatic heterocycles. The van der Waals surface area contributed by atoms with Crippen molar-refractivity contribution in [2.45, 2.75) is 12.5 Å². The van der Waals surface area contributed by atoms with E-state index in [-0.39, 0.29) is 12.5 Å². The number of thiazole rings is 1. The molecule has 5 nitrogen and oxygen atoms in total. The second kappa shape index (κ2) is 6.83. The summed E-state index contributed by atoms with van der Waals surface area (Å²) in [5.41, 5.74) is -0.253. The van der Waals surface area contributed by atoms with Gasteiger partial charge in [0.25, 0.3) is 0 Å². The first-order valence-corrected chi connectivity index (χ1v) is 8.86. The van der Waals surface area contributed by atoms with E-state index in [9.17, 15) is 9.90 Å². The summed E-state index contributed by atoms with van der Waals surface area (Å²) in [6, 6.07) is 0. The topological polar surface area (TPSA) is 66.6 Å². The second-order valence-electron chi connectivity index (χ2n) is 4.82. The first-order chi connectivity index (χ1) is 9.93. The first kappa shape index (κ1) is 16.4. The number of aromatic nitrogens is 2. The second-order valence-corrected chi connectivity index (χ2v) is 6.92. The van der Waals surface area contributed by atoms with Gasteiger partial charge in [0.2, 0.25) is 5.91 Å². The molecule has 1 unspecified atom stereocenters. The molecule has 21 heavy (non-hydrogen) atoms. The number of nitrogens with one attached hydrogen (secondary N) is 1. The Morgan fingerprint density at radius 3 is 3.19 bits per heavy atom. The Labute approximate surface area is 136 Å². The third-order valence-electron chi connectivity index (χ3n) is 2.75. The van der Waals surface area contributed by atoms with Crippen LogP contribution in [-0.2, 0) is 4.79 Å². The summed E-state index contributed by atoms with van der Waals surface area (Å²) in [4.78, 5) is 16.8. The monoisotopic (exact) mass is 345 g/mol. The van der Waals surface area contributed by atoms with E-state index in [2.05, 4.69) is 10.3 Å². The van der Waals surface area contributed by atoms with Crippen molar-refractivity contribution in [3.05, 3.63) is 28.5 Å². The van der Waals surface area contributed by atoms with Crippen molar-refractivity contribution < 1.29 is 9.90 Å². The summed E-state index contributed by atoms with van der Waals surface area (Å²) in [7, 11) is 0. The lowest BCUT2D eigenvalue weighted by Gasteiger charge is -2.21. The normalized spacial score (nSPS) is 14.7. The van der Waals surface area contributed by atoms with Crippen molar-refractivity contribution in [2.24, 2.45) is 0 Å². The van der Waals surface area contributed by atoms with Gasteiger partial charge in [0.1, 0.15) is 0 Å². The molecule has 0 aromatic carbocycles. The summed E-state index contributed by atoms with van der Waals surface area (Å²) in [5, 5.41) is 14.9. The van der Waals surface area contributed by atoms with Gasteiger partial charge in [-0.25, -0.2) is 4.98 Å². The van der Waals surface area contributed by atoms with Gasteiger partial charge in [0, 0.05) is 30.0 Å². The van der Waals surface area contributed by atoms with Crippen LogP contribution in [0, 0.1) is 0 Å². The van der Waals surface area contributed by atoms with E-state index in [1.807, 2.05) is 22.2 Å². The molecule has 0 bridgehead atoms. The summed E-state index contributed by atoms with van der Waals surface area (Å²) in [5.74, 6) is 0.277. The Hall–Kier alpha value is -1.02. The highest BCUT2D eigenvalue weighted by Crippen LogP contribution is 2.22. The lowest BCUT2D eigenvalue weighted by molar-refractivity contribution is -0.117. The van der Waals surface area contributed by atoms with Crippen LogP contribution in [0.2, 0.25) is 5.15 Å². The zero-order valence-electron chi connectivity index (χ0n) is 11.7. The average molecular weight is 346 g/mol. The number of rotatable bonds is 6. The molecular weight excluding hydrogens is 330 g/mol. The number of fused-ring (bicyclic) bond motifs is 1. The van der Waals surface area contributed by atoms with E-state index >= 15 is 0 Å². The fraction of sp³-hybridized carbons (Fsp3) is 0.385. The standard InChI is InChI=1S/C13H16ClN3O2S2/c1-13(19,8-20-2)7-15-10(18)4-3-9-11(14)16-12-17(9)5-6-21-12/h3-6,19H,7-8H2,1-2H3,(H,15,18). The number of carbonyl (C=O) groups excluding carboxylic acids is 1. The fourth-order valence-corrected chi connectivity index (χ4v) is 3.51. The first-order valence-electron chi connectivity index (χ1n) is 6.21. The Morgan fingerprint density at radius 2 is 2.48 bits per heavy atom. The number of nitrogens with zero attached hydrogens (tertiary/aromatic N) is 2. The third kappa shape index (κ3) is 4.23. The molecule has 1 amide bonds. The molecule has 114 valence electrons. The molecule has 0 saturated carbocycles. The van der Waals surface area contributed by atoms with Crippen LogP contribution in [-0.4, -0.2) is 44.6 Å². The fourth-order valence-electron chi connectivity index (χ4n) is 1.78. The Morgan fingerprint density at radius 1 is 1.71 bits per heavy atom. The van der Waals surface area contributed by atoms with Gasteiger partial charge in [0.05, 0.1) is 11.3 Å². The molecule has 0 radical (unpaired) electrons. The van der Waals surface area contributed by atoms with Crippen LogP contribution in [0.4, 0.5) is 0 Å². The van der Waals surface area contributed by atoms with Crippen LogP contribution in [0.1, 0.15) is 12.6 Å². The summed E-state index contributed by atoms with van der Waals surface area (Å²) in [6.45, 7) is 1.89. The lowest BCUT2D eigenvalue weighted by Crippen LogP contribution is -2.41. The molecule has 2 N–H and O–H groups in total. The highest BCUT2D eigenvalue weighted by Gasteiger charge is 2.19. The Kier molecular flexibility index (Phi) is 5.32. The van der Waals surface area contributed by atoms with Crippen molar-refractivity contribution >= 4 is 51.6 Å². The SMILES string of the molecule is CSCC(C)(O)CNC(=O)C=Cc1c(Cl)nc2sccn12. The number of aliphatic hydroxyl groups is 1. The third-order valence-corrected chi connectivity index (χ3v) is 4.69. The number of imidazole rings is 1. The van der Waals surface area contributed by atoms with E-state index in [0.717, 1.165) is 4.96 Å². The number of hydrogen-bond acceptors (Lipinski definition) is 5. The number of halogens is 1. The molecule has 0 aliphatic carbocycles. The van der Waals surface area contributed by atoms with Gasteiger partial charge >= 0.3 is 0 Å². The van der Waals surface area contributed by atoms with Gasteiger partial charge in [-0.15, -0.1) is 11.3 Å². The maximum Gasteiger partial charge on any atom is 0.244 e. The molecule has 0 saturated heterocycles. The molecule has 8 heteroatoms. The summed E-state index contributed by atoms with van der Waals surface area (Å²) in [6.07, 6.45) is 6.76. The highest BCUT2D eigenvalue weighted by molar-refractivity contribution is 7.98. The van der Waals surface area contributed by atoms with E-state index in [1.54, 1.807) is 13.0 Å². The smallest absolute Gasteiger partial charge is 0.244 e. The van der Waals surface area contributed by atoms with Crippen molar-refractivity contribution in [3.63, 3.8) is 0 Å². The van der Waals surface area contributed by atoms with Crippen molar-refractivity contribution in [2.75, 3.05) is 18.6 Å². The lowest BCUT2D eigenvalue weighted by atomic mass is 10.1. The van der Waals surface area contributed by atoms with Crippen LogP contribution in [0.25, 0.3) is 11.0 Å². The van der Waals surface area contributed by atoms with Crippen molar-refractivity contribution in [1.82, 2.24) is 14.7 Å². The molecule has 1 atom stereocenters. The zero-order chi connectivity index (χ0) is 15.5. The minimum atomic E-state index is -0.919. The van der Waals surface area contributed by atoms with Crippen LogP contribution >= 0.6 is 34.7 Å². The van der Waals surface area contributed by atoms with E-state index < -0.39 is 5.60 Å². The molecule has 0 aliphatic heterocycles. The van der Waals surface area contributed by atoms with Crippen molar-refractivity contribution in [1.29, 1.82) is 0 Å². The molecule has 0 aliphatic rings. The summed E-state index contributed by atoms with van der Waals surface area (Å²) >= 11 is 9.03. The van der Waals surface area contributed by atoms with Crippen molar-refractivity contribution in [3.8, 4) is 0 Å². The van der Waals surface area contributed by atoms with Gasteiger partial charge in [-0.2, -0.15) is 11.8 Å². The molecule has 2 heterocycles. The summed E-state index contributed by atoms with van der Waals surface area (Å²) < 4.78 is 1.82. The number of hydrogen-bond donors (Lipinski definition) is 2. The minimum Gasteiger partial charge on any atom is -0.387 e. The Bertz CT molecular complexity index is 663. The number of thioether (sulfide) groups is 1. The molecule has 2 aromatic rings. The number of amides is 1. The molecule has 0 fully saturated rings. The van der Waals surface area contributed by atoms with Crippen LogP contribution in [0.15, 0.2) is 17.7 Å². The van der Waals surface area contributed by atoms with Gasteiger partial charge in [-0.05, 0) is 19.3 Å². The van der Waals surface area contributed by atoms with E-state index in [1.165, 1.54) is 29.2 Å². The predicted octanol–water partition coefficient (Wildman–Crippen LogP) is 2.29. The van der Waals surface area contributed by atoms with E-state index in [0.29, 0.717) is 16.6 Å². The van der Waals surface area contributed by atoms with Gasteiger partial charge < -0.3 is 10.4 Å². The molecule has 2 rings (SSSR count). The quantitative estimate of drug-likeness (QED) is 0.788. The average Bonchev–Trinajstić information content (AvgIpc) is 2.95. The minimum absolute atomic E-state index is 0.199. The predicted molar refractivity (Wildman–Crippen MR) is 89.1 cm³/mol. The zero-order valence-corrected chi connectivity index (χ0v) is 14.1. The van der Waals surface area contributed by atoms with Gasteiger partial charge in [-0.1, -0.05) is 11.6 Å². The maximum atomic E-state index is 11.8. The van der Waals surface area contributed by atoms with Crippen LogP contribution in [0.5, 0.6) is 0 Å². The molecular formula is C13H16ClN3O2S2. The van der Waals surface area contributed by atoms with Crippen LogP contribution < -0.4 is 5.32 Å².